The highest BCUT2D eigenvalue weighted by Crippen LogP contribution is 2.33. The quantitative estimate of drug-likeness (QED) is 0.147. The van der Waals surface area contributed by atoms with Crippen LogP contribution >= 0.6 is 34.8 Å². The highest BCUT2D eigenvalue weighted by molar-refractivity contribution is 7.92. The van der Waals surface area contributed by atoms with Gasteiger partial charge >= 0.3 is 0 Å². The summed E-state index contributed by atoms with van der Waals surface area (Å²) >= 11 is 19.6. The van der Waals surface area contributed by atoms with Crippen molar-refractivity contribution in [3.63, 3.8) is 0 Å². The number of sulfonamides is 1. The van der Waals surface area contributed by atoms with Gasteiger partial charge in [0.05, 0.1) is 22.7 Å². The lowest BCUT2D eigenvalue weighted by Gasteiger charge is -2.34. The maximum absolute atomic E-state index is 14.6. The van der Waals surface area contributed by atoms with E-state index in [0.29, 0.717) is 27.8 Å². The van der Waals surface area contributed by atoms with Gasteiger partial charge in [0.25, 0.3) is 10.0 Å². The van der Waals surface area contributed by atoms with Gasteiger partial charge in [0.15, 0.2) is 0 Å². The van der Waals surface area contributed by atoms with E-state index >= 15 is 0 Å². The molecule has 8 nitrogen and oxygen atoms in total. The van der Waals surface area contributed by atoms with Gasteiger partial charge < -0.3 is 15.0 Å². The first-order valence-corrected chi connectivity index (χ1v) is 17.5. The van der Waals surface area contributed by atoms with Crippen LogP contribution in [-0.2, 0) is 32.6 Å². The number of methoxy groups -OCH3 is 1. The highest BCUT2D eigenvalue weighted by Gasteiger charge is 2.35. The van der Waals surface area contributed by atoms with Gasteiger partial charge in [-0.25, -0.2) is 8.42 Å². The van der Waals surface area contributed by atoms with Crippen LogP contribution in [0.5, 0.6) is 5.75 Å². The largest absolute Gasteiger partial charge is 0.495 e. The van der Waals surface area contributed by atoms with Crippen molar-refractivity contribution in [1.82, 2.24) is 10.2 Å². The lowest BCUT2D eigenvalue weighted by atomic mass is 10.0. The molecule has 0 aliphatic heterocycles. The van der Waals surface area contributed by atoms with Crippen LogP contribution in [0.15, 0.2) is 102 Å². The Labute approximate surface area is 291 Å². The van der Waals surface area contributed by atoms with Crippen LogP contribution in [0.4, 0.5) is 5.69 Å². The van der Waals surface area contributed by atoms with Crippen LogP contribution in [-0.4, -0.2) is 50.9 Å². The molecular formula is C35H36Cl3N3O5S. The van der Waals surface area contributed by atoms with E-state index in [1.165, 1.54) is 42.3 Å². The molecule has 4 aromatic carbocycles. The lowest BCUT2D eigenvalue weighted by molar-refractivity contribution is -0.140. The van der Waals surface area contributed by atoms with Crippen LogP contribution in [0.2, 0.25) is 15.1 Å². The van der Waals surface area contributed by atoms with Crippen LogP contribution in [0, 0.1) is 0 Å². The molecule has 0 heterocycles. The maximum Gasteiger partial charge on any atom is 0.264 e. The summed E-state index contributed by atoms with van der Waals surface area (Å²) in [4.78, 5) is 29.9. The molecule has 47 heavy (non-hydrogen) atoms. The molecule has 0 fully saturated rings. The Morgan fingerprint density at radius 3 is 2.04 bits per heavy atom. The second-order valence-corrected chi connectivity index (χ2v) is 14.0. The number of carbonyl (C=O) groups excluding carboxylic acids is 2. The fourth-order valence-electron chi connectivity index (χ4n) is 4.91. The predicted octanol–water partition coefficient (Wildman–Crippen LogP) is 7.41. The summed E-state index contributed by atoms with van der Waals surface area (Å²) in [7, 11) is -2.86. The highest BCUT2D eigenvalue weighted by atomic mass is 35.5. The Balaban J connectivity index is 1.86. The van der Waals surface area contributed by atoms with Crippen LogP contribution in [0.3, 0.4) is 0 Å². The summed E-state index contributed by atoms with van der Waals surface area (Å²) in [5.74, 6) is -0.726. The second kappa shape index (κ2) is 16.4. The van der Waals surface area contributed by atoms with E-state index in [9.17, 15) is 18.0 Å². The van der Waals surface area contributed by atoms with E-state index in [1.807, 2.05) is 44.2 Å². The van der Waals surface area contributed by atoms with Gasteiger partial charge in [0.1, 0.15) is 18.3 Å². The first-order chi connectivity index (χ1) is 22.5. The van der Waals surface area contributed by atoms with Gasteiger partial charge in [0.2, 0.25) is 11.8 Å². The first kappa shape index (κ1) is 36.1. The van der Waals surface area contributed by atoms with Gasteiger partial charge in [-0.3, -0.25) is 13.9 Å². The molecule has 2 atom stereocenters. The Bertz CT molecular complexity index is 1770. The molecule has 1 N–H and O–H groups in total. The third-order valence-electron chi connectivity index (χ3n) is 7.70. The van der Waals surface area contributed by atoms with Gasteiger partial charge in [-0.15, -0.1) is 0 Å². The Morgan fingerprint density at radius 1 is 0.851 bits per heavy atom. The molecule has 0 radical (unpaired) electrons. The van der Waals surface area contributed by atoms with Crippen molar-refractivity contribution in [1.29, 1.82) is 0 Å². The second-order valence-electron chi connectivity index (χ2n) is 10.9. The zero-order valence-electron chi connectivity index (χ0n) is 26.2. The van der Waals surface area contributed by atoms with Crippen LogP contribution in [0.1, 0.15) is 31.4 Å². The summed E-state index contributed by atoms with van der Waals surface area (Å²) in [5.41, 5.74) is 1.35. The van der Waals surface area contributed by atoms with E-state index in [-0.39, 0.29) is 34.6 Å². The minimum Gasteiger partial charge on any atom is -0.495 e. The summed E-state index contributed by atoms with van der Waals surface area (Å²) in [6.45, 7) is 2.99. The molecule has 0 aliphatic carbocycles. The number of rotatable bonds is 14. The Morgan fingerprint density at radius 2 is 1.47 bits per heavy atom. The third kappa shape index (κ3) is 8.99. The van der Waals surface area contributed by atoms with E-state index in [2.05, 4.69) is 5.32 Å². The van der Waals surface area contributed by atoms with Gasteiger partial charge in [-0.1, -0.05) is 96.3 Å². The third-order valence-corrected chi connectivity index (χ3v) is 10.5. The van der Waals surface area contributed by atoms with Crippen molar-refractivity contribution in [3.05, 3.63) is 123 Å². The average Bonchev–Trinajstić information content (AvgIpc) is 3.06. The number of nitrogens with one attached hydrogen (secondary N) is 1. The van der Waals surface area contributed by atoms with Crippen LogP contribution in [0.25, 0.3) is 0 Å². The van der Waals surface area contributed by atoms with Gasteiger partial charge in [0, 0.05) is 34.6 Å². The van der Waals surface area contributed by atoms with Crippen LogP contribution < -0.4 is 14.4 Å². The summed E-state index contributed by atoms with van der Waals surface area (Å²) in [6, 6.07) is 25.2. The van der Waals surface area contributed by atoms with Gasteiger partial charge in [-0.05, 0) is 61.4 Å². The van der Waals surface area contributed by atoms with E-state index in [1.54, 1.807) is 36.4 Å². The van der Waals surface area contributed by atoms with Gasteiger partial charge in [-0.2, -0.15) is 0 Å². The number of anilines is 1. The van der Waals surface area contributed by atoms with Crippen molar-refractivity contribution in [2.24, 2.45) is 0 Å². The number of hydrogen-bond donors (Lipinski definition) is 1. The van der Waals surface area contributed by atoms with Crippen molar-refractivity contribution < 1.29 is 22.7 Å². The lowest BCUT2D eigenvalue weighted by Crippen LogP contribution is -2.54. The number of benzene rings is 4. The average molecular weight is 717 g/mol. The molecule has 12 heteroatoms. The Hall–Kier alpha value is -3.76. The SMILES string of the molecule is CCC(C)NC(=O)C(Cc1ccccc1)N(Cc1c(Cl)cccc1Cl)C(=O)CN(c1ccc(OC)c(Cl)c1)S(=O)(=O)c1ccccc1. The number of nitrogens with zero attached hydrogens (tertiary/aromatic N) is 2. The fraction of sp³-hybridized carbons (Fsp3) is 0.257. The molecule has 2 amide bonds. The molecule has 0 saturated heterocycles. The molecular weight excluding hydrogens is 681 g/mol. The summed E-state index contributed by atoms with van der Waals surface area (Å²) in [5, 5.41) is 3.75. The molecule has 2 unspecified atom stereocenters. The number of carbonyl (C=O) groups is 2. The maximum atomic E-state index is 14.6. The monoisotopic (exact) mass is 715 g/mol. The van der Waals surface area contributed by atoms with Crippen molar-refractivity contribution >= 4 is 62.3 Å². The smallest absolute Gasteiger partial charge is 0.264 e. The zero-order valence-corrected chi connectivity index (χ0v) is 29.3. The number of ether oxygens (including phenoxy) is 1. The van der Waals surface area contributed by atoms with E-state index < -0.39 is 34.4 Å². The Kier molecular flexibility index (Phi) is 12.6. The molecule has 0 aromatic heterocycles. The van der Waals surface area contributed by atoms with Crippen molar-refractivity contribution in [2.75, 3.05) is 18.0 Å². The first-order valence-electron chi connectivity index (χ1n) is 14.9. The standard InChI is InChI=1S/C35H36Cl3N3O5S/c1-4-24(2)39-35(43)32(20-25-12-7-5-8-13-25)40(22-28-29(36)16-11-17-30(28)37)34(42)23-41(26-18-19-33(46-3)31(38)21-26)47(44,45)27-14-9-6-10-15-27/h5-19,21,24,32H,4,20,22-23H2,1-3H3,(H,39,43). The molecule has 0 saturated carbocycles. The molecule has 0 aliphatic rings. The van der Waals surface area contributed by atoms with E-state index in [0.717, 1.165) is 9.87 Å². The zero-order chi connectivity index (χ0) is 34.1. The molecule has 4 rings (SSSR count). The fourth-order valence-corrected chi connectivity index (χ4v) is 7.10. The molecule has 4 aromatic rings. The molecule has 248 valence electrons. The minimum atomic E-state index is -4.30. The topological polar surface area (TPSA) is 96.0 Å². The normalized spacial score (nSPS) is 12.6. The molecule has 0 bridgehead atoms. The number of amides is 2. The summed E-state index contributed by atoms with van der Waals surface area (Å²) in [6.07, 6.45) is 0.812. The molecule has 0 spiro atoms. The predicted molar refractivity (Wildman–Crippen MR) is 188 cm³/mol. The summed E-state index contributed by atoms with van der Waals surface area (Å²) < 4.78 is 34.6. The van der Waals surface area contributed by atoms with Crippen molar-refractivity contribution in [3.8, 4) is 5.75 Å². The minimum absolute atomic E-state index is 0.0317. The number of halogens is 3. The van der Waals surface area contributed by atoms with E-state index in [4.69, 9.17) is 39.5 Å². The number of hydrogen-bond acceptors (Lipinski definition) is 5. The van der Waals surface area contributed by atoms with Crippen molar-refractivity contribution in [2.45, 2.75) is 50.2 Å².